The normalized spacial score (nSPS) is 14.2. The van der Waals surface area contributed by atoms with Crippen LogP contribution in [-0.4, -0.2) is 61.0 Å². The quantitative estimate of drug-likeness (QED) is 0.189. The topological polar surface area (TPSA) is 142 Å². The van der Waals surface area contributed by atoms with Crippen molar-refractivity contribution in [2.24, 2.45) is 0 Å². The minimum atomic E-state index is -0.379. The van der Waals surface area contributed by atoms with Crippen LogP contribution in [0.1, 0.15) is 34.3 Å². The fraction of sp³-hybridized carbons (Fsp3) is 0.214. The van der Waals surface area contributed by atoms with E-state index in [1.807, 2.05) is 12.1 Å². The number of tetrazole rings is 1. The van der Waals surface area contributed by atoms with E-state index in [1.54, 1.807) is 54.1 Å². The molecule has 214 valence electrons. The second-order valence-corrected chi connectivity index (χ2v) is 10.4. The molecular weight excluding hydrogens is 583 g/mol. The average Bonchev–Trinajstić information content (AvgIpc) is 3.76. The molecule has 0 saturated heterocycles. The van der Waals surface area contributed by atoms with E-state index in [2.05, 4.69) is 26.0 Å². The van der Waals surface area contributed by atoms with Gasteiger partial charge in [-0.2, -0.15) is 4.68 Å². The van der Waals surface area contributed by atoms with Gasteiger partial charge in [-0.25, -0.2) is 10.5 Å². The molecule has 1 aliphatic rings. The van der Waals surface area contributed by atoms with Crippen LogP contribution in [0, 0.1) is 0 Å². The third-order valence-corrected chi connectivity index (χ3v) is 7.48. The third-order valence-electron chi connectivity index (χ3n) is 6.97. The number of hydrogen-bond acceptors (Lipinski definition) is 8. The lowest BCUT2D eigenvalue weighted by molar-refractivity contribution is 0.00889. The molecule has 0 bridgehead atoms. The fourth-order valence-corrected chi connectivity index (χ4v) is 5.44. The molecular formula is C28H24Cl2N8O4. The molecule has 2 aromatic carbocycles. The Balaban J connectivity index is 1.26. The van der Waals surface area contributed by atoms with E-state index in [0.29, 0.717) is 58.0 Å². The molecule has 4 heterocycles. The number of rotatable bonds is 9. The summed E-state index contributed by atoms with van der Waals surface area (Å²) in [4.78, 5) is 38.8. The number of H-pyrrole nitrogens is 1. The standard InChI is InChI=1S/C28H24Cl2N8O4/c1-41-10-11-42-34-28(40)17-4-2-16(3-5-17)25-26(30)33-27(32-25)23-9-7-20-12-18(13-24(39)38(20)23)21-14-19(29)6-8-22(21)37-15-31-35-36-37/h2-6,8,12-15,23H,7,9-11H2,1H3,(H,32,33)(H,34,40)/t23-/m0/s1. The number of benzene rings is 2. The molecule has 0 radical (unpaired) electrons. The SMILES string of the molecule is COCCONC(=O)c1ccc(-c2nc([C@@H]3CCc4cc(-c5cc(Cl)ccc5-n5cnnn5)cc(=O)n43)[nH]c2Cl)cc1. The molecule has 6 rings (SSSR count). The predicted molar refractivity (Wildman–Crippen MR) is 155 cm³/mol. The molecule has 0 spiro atoms. The van der Waals surface area contributed by atoms with Crippen LogP contribution >= 0.6 is 23.2 Å². The van der Waals surface area contributed by atoms with Gasteiger partial charge < -0.3 is 14.3 Å². The number of hydroxylamine groups is 1. The number of carbonyl (C=O) groups excluding carboxylic acids is 1. The summed E-state index contributed by atoms with van der Waals surface area (Å²) in [5, 5.41) is 12.3. The van der Waals surface area contributed by atoms with Gasteiger partial charge in [-0.15, -0.1) is 5.10 Å². The lowest BCUT2D eigenvalue weighted by atomic mass is 10.0. The Bertz CT molecular complexity index is 1800. The van der Waals surface area contributed by atoms with E-state index in [4.69, 9.17) is 37.8 Å². The Morgan fingerprint density at radius 1 is 1.10 bits per heavy atom. The van der Waals surface area contributed by atoms with Crippen molar-refractivity contribution < 1.29 is 14.4 Å². The van der Waals surface area contributed by atoms with Crippen molar-refractivity contribution in [1.82, 2.24) is 40.2 Å². The van der Waals surface area contributed by atoms with E-state index in [0.717, 1.165) is 16.8 Å². The van der Waals surface area contributed by atoms with Crippen LogP contribution in [0.5, 0.6) is 0 Å². The second kappa shape index (κ2) is 11.9. The van der Waals surface area contributed by atoms with Crippen LogP contribution in [0.4, 0.5) is 0 Å². The molecule has 42 heavy (non-hydrogen) atoms. The first-order valence-electron chi connectivity index (χ1n) is 13.0. The average molecular weight is 607 g/mol. The van der Waals surface area contributed by atoms with Crippen molar-refractivity contribution in [3.8, 4) is 28.1 Å². The monoisotopic (exact) mass is 606 g/mol. The van der Waals surface area contributed by atoms with E-state index in [1.165, 1.54) is 11.0 Å². The Kier molecular flexibility index (Phi) is 7.85. The highest BCUT2D eigenvalue weighted by atomic mass is 35.5. The molecule has 1 aliphatic heterocycles. The molecule has 0 saturated carbocycles. The number of carbonyl (C=O) groups is 1. The maximum Gasteiger partial charge on any atom is 0.274 e. The molecule has 1 amide bonds. The minimum absolute atomic E-state index is 0.176. The number of aromatic nitrogens is 7. The maximum atomic E-state index is 13.5. The minimum Gasteiger partial charge on any atom is -0.382 e. The number of aromatic amines is 1. The number of hydrogen-bond donors (Lipinski definition) is 2. The summed E-state index contributed by atoms with van der Waals surface area (Å²) in [5.41, 5.74) is 6.87. The van der Waals surface area contributed by atoms with Gasteiger partial charge in [0.25, 0.3) is 11.5 Å². The highest BCUT2D eigenvalue weighted by Crippen LogP contribution is 2.36. The van der Waals surface area contributed by atoms with Gasteiger partial charge in [0.2, 0.25) is 0 Å². The van der Waals surface area contributed by atoms with Gasteiger partial charge in [-0.1, -0.05) is 35.3 Å². The Morgan fingerprint density at radius 3 is 2.69 bits per heavy atom. The van der Waals surface area contributed by atoms with Gasteiger partial charge in [0.1, 0.15) is 23.0 Å². The highest BCUT2D eigenvalue weighted by molar-refractivity contribution is 6.32. The summed E-state index contributed by atoms with van der Waals surface area (Å²) < 4.78 is 8.15. The van der Waals surface area contributed by atoms with Crippen LogP contribution in [0.25, 0.3) is 28.1 Å². The zero-order valence-corrected chi connectivity index (χ0v) is 23.8. The van der Waals surface area contributed by atoms with Crippen LogP contribution in [0.3, 0.4) is 0 Å². The number of imidazole rings is 1. The second-order valence-electron chi connectivity index (χ2n) is 9.55. The van der Waals surface area contributed by atoms with Gasteiger partial charge >= 0.3 is 0 Å². The van der Waals surface area contributed by atoms with Gasteiger partial charge in [0.15, 0.2) is 0 Å². The van der Waals surface area contributed by atoms with Crippen molar-refractivity contribution in [2.75, 3.05) is 20.3 Å². The summed E-state index contributed by atoms with van der Waals surface area (Å²) >= 11 is 12.9. The van der Waals surface area contributed by atoms with Crippen LogP contribution in [0.2, 0.25) is 10.2 Å². The Morgan fingerprint density at radius 2 is 1.93 bits per heavy atom. The number of fused-ring (bicyclic) bond motifs is 1. The first-order chi connectivity index (χ1) is 20.4. The molecule has 2 N–H and O–H groups in total. The molecule has 0 aliphatic carbocycles. The lowest BCUT2D eigenvalue weighted by Crippen LogP contribution is -2.25. The number of halogens is 2. The fourth-order valence-electron chi connectivity index (χ4n) is 5.02. The maximum absolute atomic E-state index is 13.5. The summed E-state index contributed by atoms with van der Waals surface area (Å²) in [6.07, 6.45) is 2.82. The predicted octanol–water partition coefficient (Wildman–Crippen LogP) is 4.03. The lowest BCUT2D eigenvalue weighted by Gasteiger charge is -2.15. The van der Waals surface area contributed by atoms with Gasteiger partial charge in [-0.3, -0.25) is 14.4 Å². The molecule has 1 atom stereocenters. The number of nitrogens with one attached hydrogen (secondary N) is 2. The number of amides is 1. The van der Waals surface area contributed by atoms with E-state index >= 15 is 0 Å². The smallest absolute Gasteiger partial charge is 0.274 e. The zero-order valence-electron chi connectivity index (χ0n) is 22.3. The van der Waals surface area contributed by atoms with E-state index < -0.39 is 0 Å². The summed E-state index contributed by atoms with van der Waals surface area (Å²) in [5.74, 6) is 0.199. The number of ether oxygens (including phenoxy) is 1. The molecule has 3 aromatic heterocycles. The number of methoxy groups -OCH3 is 1. The van der Waals surface area contributed by atoms with Crippen LogP contribution < -0.4 is 11.0 Å². The Labute approximate surface area is 249 Å². The van der Waals surface area contributed by atoms with Gasteiger partial charge in [-0.05, 0) is 65.2 Å². The number of nitrogens with zero attached hydrogens (tertiary/aromatic N) is 6. The van der Waals surface area contributed by atoms with Crippen molar-refractivity contribution in [3.05, 3.63) is 98.5 Å². The number of aryl methyl sites for hydroxylation is 1. The first kappa shape index (κ1) is 27.8. The largest absolute Gasteiger partial charge is 0.382 e. The molecule has 14 heteroatoms. The summed E-state index contributed by atoms with van der Waals surface area (Å²) in [6, 6.07) is 15.4. The van der Waals surface area contributed by atoms with Crippen molar-refractivity contribution in [2.45, 2.75) is 18.9 Å². The molecule has 5 aromatic rings. The third kappa shape index (κ3) is 5.44. The molecule has 12 nitrogen and oxygen atoms in total. The van der Waals surface area contributed by atoms with E-state index in [-0.39, 0.29) is 24.1 Å². The first-order valence-corrected chi connectivity index (χ1v) is 13.7. The van der Waals surface area contributed by atoms with Crippen molar-refractivity contribution in [1.29, 1.82) is 0 Å². The van der Waals surface area contributed by atoms with E-state index in [9.17, 15) is 9.59 Å². The number of pyridine rings is 1. The Hall–Kier alpha value is -4.36. The van der Waals surface area contributed by atoms with Gasteiger partial charge in [0.05, 0.1) is 24.9 Å². The van der Waals surface area contributed by atoms with Crippen molar-refractivity contribution in [3.63, 3.8) is 0 Å². The van der Waals surface area contributed by atoms with Crippen LogP contribution in [-0.2, 0) is 16.0 Å². The van der Waals surface area contributed by atoms with Crippen LogP contribution in [0.15, 0.2) is 65.7 Å². The molecule has 0 fully saturated rings. The summed E-state index contributed by atoms with van der Waals surface area (Å²) in [6.45, 7) is 0.603. The molecule has 0 unspecified atom stereocenters. The summed E-state index contributed by atoms with van der Waals surface area (Å²) in [7, 11) is 1.55. The highest BCUT2D eigenvalue weighted by Gasteiger charge is 2.29. The van der Waals surface area contributed by atoms with Crippen molar-refractivity contribution >= 4 is 29.1 Å². The zero-order chi connectivity index (χ0) is 29.2. The van der Waals surface area contributed by atoms with Gasteiger partial charge in [0, 0.05) is 40.6 Å².